The summed E-state index contributed by atoms with van der Waals surface area (Å²) < 4.78 is 11.5. The van der Waals surface area contributed by atoms with E-state index in [2.05, 4.69) is 27.4 Å². The van der Waals surface area contributed by atoms with Gasteiger partial charge in [-0.25, -0.2) is 9.97 Å². The average molecular weight is 399 g/mol. The molecule has 1 aliphatic carbocycles. The van der Waals surface area contributed by atoms with Crippen LogP contribution in [0, 0.1) is 11.8 Å². The number of hydrogen-bond acceptors (Lipinski definition) is 6. The second-order valence-electron chi connectivity index (χ2n) is 9.41. The maximum absolute atomic E-state index is 6.01. The molecule has 0 aromatic carbocycles. The van der Waals surface area contributed by atoms with Crippen LogP contribution in [0.4, 0.5) is 5.95 Å². The van der Waals surface area contributed by atoms with Crippen molar-refractivity contribution in [1.82, 2.24) is 14.9 Å². The minimum Gasteiger partial charge on any atom is -0.381 e. The third kappa shape index (κ3) is 4.35. The minimum absolute atomic E-state index is 0.0378. The van der Waals surface area contributed by atoms with Crippen LogP contribution in [0.25, 0.3) is 0 Å². The van der Waals surface area contributed by atoms with Crippen molar-refractivity contribution in [3.8, 4) is 0 Å². The molecule has 29 heavy (non-hydrogen) atoms. The summed E-state index contributed by atoms with van der Waals surface area (Å²) in [4.78, 5) is 12.3. The second-order valence-corrected chi connectivity index (χ2v) is 9.41. The van der Waals surface area contributed by atoms with E-state index < -0.39 is 0 Å². The standard InChI is InChI=1S/C23H34N4O2/c1-2-4-19(5-3-1)14-27-9-8-23(16-27)17-29-15-20-13-25-22(26-21(20)23)24-12-18-6-10-28-11-7-18/h1-2,13,18-19H,3-12,14-17H2,(H,24,25,26)/t19-,23-/m0/s1. The number of hydrogen-bond donors (Lipinski definition) is 1. The minimum atomic E-state index is 0.0378. The molecule has 2 fully saturated rings. The molecule has 2 saturated heterocycles. The monoisotopic (exact) mass is 398 g/mol. The van der Waals surface area contributed by atoms with E-state index >= 15 is 0 Å². The van der Waals surface area contributed by atoms with Gasteiger partial charge in [0.05, 0.1) is 24.3 Å². The molecule has 1 aromatic heterocycles. The first-order chi connectivity index (χ1) is 14.3. The van der Waals surface area contributed by atoms with Crippen LogP contribution in [0.3, 0.4) is 0 Å². The molecule has 0 unspecified atom stereocenters. The normalized spacial score (nSPS) is 30.6. The molecule has 0 amide bonds. The lowest BCUT2D eigenvalue weighted by molar-refractivity contribution is 0.0498. The van der Waals surface area contributed by atoms with Gasteiger partial charge in [0, 0.05) is 44.6 Å². The highest BCUT2D eigenvalue weighted by Gasteiger charge is 2.45. The van der Waals surface area contributed by atoms with E-state index in [9.17, 15) is 0 Å². The molecular weight excluding hydrogens is 364 g/mol. The molecule has 3 aliphatic heterocycles. The van der Waals surface area contributed by atoms with Crippen molar-refractivity contribution in [1.29, 1.82) is 0 Å². The third-order valence-corrected chi connectivity index (χ3v) is 7.22. The van der Waals surface area contributed by atoms with E-state index in [1.54, 1.807) is 0 Å². The van der Waals surface area contributed by atoms with Gasteiger partial charge in [0.15, 0.2) is 0 Å². The van der Waals surface area contributed by atoms with E-state index in [0.29, 0.717) is 12.5 Å². The number of nitrogens with zero attached hydrogens (tertiary/aromatic N) is 3. The molecule has 0 radical (unpaired) electrons. The van der Waals surface area contributed by atoms with Gasteiger partial charge in [-0.3, -0.25) is 0 Å². The Morgan fingerprint density at radius 1 is 1.14 bits per heavy atom. The summed E-state index contributed by atoms with van der Waals surface area (Å²) in [5.74, 6) is 2.25. The third-order valence-electron chi connectivity index (χ3n) is 7.22. The average Bonchev–Trinajstić information content (AvgIpc) is 3.17. The van der Waals surface area contributed by atoms with Gasteiger partial charge in [-0.15, -0.1) is 0 Å². The van der Waals surface area contributed by atoms with Crippen LogP contribution in [0.1, 0.15) is 49.8 Å². The van der Waals surface area contributed by atoms with Crippen LogP contribution in [-0.4, -0.2) is 60.9 Å². The Balaban J connectivity index is 1.27. The highest BCUT2D eigenvalue weighted by molar-refractivity contribution is 5.36. The van der Waals surface area contributed by atoms with E-state index in [1.807, 2.05) is 6.20 Å². The number of likely N-dealkylation sites (tertiary alicyclic amines) is 1. The second kappa shape index (κ2) is 8.70. The summed E-state index contributed by atoms with van der Waals surface area (Å²) in [6.45, 7) is 7.56. The Hall–Kier alpha value is -1.50. The van der Waals surface area contributed by atoms with Crippen molar-refractivity contribution in [2.45, 2.75) is 50.5 Å². The lowest BCUT2D eigenvalue weighted by Crippen LogP contribution is -2.41. The van der Waals surface area contributed by atoms with Crippen molar-refractivity contribution in [3.63, 3.8) is 0 Å². The van der Waals surface area contributed by atoms with E-state index in [1.165, 1.54) is 37.1 Å². The predicted molar refractivity (Wildman–Crippen MR) is 113 cm³/mol. The fourth-order valence-electron chi connectivity index (χ4n) is 5.48. The van der Waals surface area contributed by atoms with Crippen molar-refractivity contribution in [2.75, 3.05) is 51.3 Å². The molecule has 1 N–H and O–H groups in total. The van der Waals surface area contributed by atoms with Gasteiger partial charge in [-0.05, 0) is 56.9 Å². The van der Waals surface area contributed by atoms with Crippen molar-refractivity contribution < 1.29 is 9.47 Å². The smallest absolute Gasteiger partial charge is 0.222 e. The molecule has 6 nitrogen and oxygen atoms in total. The van der Waals surface area contributed by atoms with Gasteiger partial charge in [-0.1, -0.05) is 12.2 Å². The maximum Gasteiger partial charge on any atom is 0.222 e. The molecule has 1 aromatic rings. The maximum atomic E-state index is 6.01. The van der Waals surface area contributed by atoms with Crippen molar-refractivity contribution in [3.05, 3.63) is 29.6 Å². The summed E-state index contributed by atoms with van der Waals surface area (Å²) in [5, 5.41) is 3.51. The number of allylic oxidation sites excluding steroid dienone is 2. The lowest BCUT2D eigenvalue weighted by Gasteiger charge is -2.35. The number of aromatic nitrogens is 2. The fraction of sp³-hybridized carbons (Fsp3) is 0.739. The molecular formula is C23H34N4O2. The zero-order valence-electron chi connectivity index (χ0n) is 17.4. The summed E-state index contributed by atoms with van der Waals surface area (Å²) in [5.41, 5.74) is 2.45. The quantitative estimate of drug-likeness (QED) is 0.769. The van der Waals surface area contributed by atoms with Gasteiger partial charge in [0.1, 0.15) is 0 Å². The van der Waals surface area contributed by atoms with Gasteiger partial charge in [0.25, 0.3) is 0 Å². The van der Waals surface area contributed by atoms with E-state index in [-0.39, 0.29) is 5.41 Å². The largest absolute Gasteiger partial charge is 0.381 e. The van der Waals surface area contributed by atoms with Crippen LogP contribution < -0.4 is 5.32 Å². The SMILES string of the molecule is C1=CC[C@H](CN2CC[C@@]3(COCc4cnc(NCC5CCOCC5)nc43)C2)CC1. The highest BCUT2D eigenvalue weighted by Crippen LogP contribution is 2.40. The Kier molecular flexibility index (Phi) is 5.84. The molecule has 4 aliphatic rings. The Labute approximate surface area is 174 Å². The summed E-state index contributed by atoms with van der Waals surface area (Å²) >= 11 is 0. The number of rotatable bonds is 5. The van der Waals surface area contributed by atoms with Crippen LogP contribution >= 0.6 is 0 Å². The van der Waals surface area contributed by atoms with E-state index in [4.69, 9.17) is 14.5 Å². The van der Waals surface area contributed by atoms with Gasteiger partial charge in [-0.2, -0.15) is 0 Å². The van der Waals surface area contributed by atoms with Crippen molar-refractivity contribution in [2.24, 2.45) is 11.8 Å². The molecule has 0 bridgehead atoms. The van der Waals surface area contributed by atoms with Gasteiger partial charge in [0.2, 0.25) is 5.95 Å². The number of nitrogens with one attached hydrogen (secondary N) is 1. The summed E-state index contributed by atoms with van der Waals surface area (Å²) in [6, 6.07) is 0. The number of fused-ring (bicyclic) bond motifs is 2. The van der Waals surface area contributed by atoms with Gasteiger partial charge < -0.3 is 19.7 Å². The first kappa shape index (κ1) is 19.5. The zero-order chi connectivity index (χ0) is 19.5. The Morgan fingerprint density at radius 3 is 2.93 bits per heavy atom. The van der Waals surface area contributed by atoms with Crippen LogP contribution in [0.5, 0.6) is 0 Å². The molecule has 1 spiro atoms. The molecule has 5 rings (SSSR count). The summed E-state index contributed by atoms with van der Waals surface area (Å²) in [6.07, 6.45) is 13.9. The predicted octanol–water partition coefficient (Wildman–Crippen LogP) is 3.15. The highest BCUT2D eigenvalue weighted by atomic mass is 16.5. The van der Waals surface area contributed by atoms with Crippen LogP contribution in [0.2, 0.25) is 0 Å². The van der Waals surface area contributed by atoms with Crippen LogP contribution in [-0.2, 0) is 21.5 Å². The first-order valence-corrected chi connectivity index (χ1v) is 11.4. The lowest BCUT2D eigenvalue weighted by atomic mass is 9.80. The van der Waals surface area contributed by atoms with Crippen LogP contribution in [0.15, 0.2) is 18.3 Å². The Bertz CT molecular complexity index is 734. The van der Waals surface area contributed by atoms with E-state index in [0.717, 1.165) is 70.6 Å². The van der Waals surface area contributed by atoms with Gasteiger partial charge >= 0.3 is 0 Å². The van der Waals surface area contributed by atoms with Crippen molar-refractivity contribution >= 4 is 5.95 Å². The first-order valence-electron chi connectivity index (χ1n) is 11.4. The summed E-state index contributed by atoms with van der Waals surface area (Å²) in [7, 11) is 0. The number of anilines is 1. The molecule has 0 saturated carbocycles. The molecule has 158 valence electrons. The molecule has 6 heteroatoms. The number of ether oxygens (including phenoxy) is 2. The Morgan fingerprint density at radius 2 is 2.07 bits per heavy atom. The molecule has 2 atom stereocenters. The fourth-order valence-corrected chi connectivity index (χ4v) is 5.48. The molecule has 4 heterocycles. The topological polar surface area (TPSA) is 59.5 Å². The zero-order valence-corrected chi connectivity index (χ0v) is 17.4.